The van der Waals surface area contributed by atoms with Gasteiger partial charge in [-0.1, -0.05) is 0 Å². The first-order chi connectivity index (χ1) is 5.63. The van der Waals surface area contributed by atoms with Crippen molar-refractivity contribution in [1.82, 2.24) is 4.98 Å². The van der Waals surface area contributed by atoms with Crippen molar-refractivity contribution in [2.24, 2.45) is 0 Å². The molecule has 0 saturated heterocycles. The summed E-state index contributed by atoms with van der Waals surface area (Å²) < 4.78 is 0. The molecule has 0 aliphatic heterocycles. The number of nitro groups is 1. The minimum Gasteiger partial charge on any atom is -0.274 e. The van der Waals surface area contributed by atoms with Gasteiger partial charge in [0.05, 0.1) is 4.92 Å². The third-order valence-electron chi connectivity index (χ3n) is 1.17. The molecule has 62 valence electrons. The summed E-state index contributed by atoms with van der Waals surface area (Å²) in [6, 6.07) is 2.53. The first-order valence-corrected chi connectivity index (χ1v) is 3.30. The van der Waals surface area contributed by atoms with Crippen LogP contribution in [0.5, 0.6) is 0 Å². The third kappa shape index (κ3) is 1.57. The SMILES string of the molecule is O=C(Cl)c1ncccc1[N+](=O)[O-]. The van der Waals surface area contributed by atoms with Crippen LogP contribution in [0.3, 0.4) is 0 Å². The van der Waals surface area contributed by atoms with Crippen LogP contribution < -0.4 is 0 Å². The smallest absolute Gasteiger partial charge is 0.274 e. The van der Waals surface area contributed by atoms with Gasteiger partial charge in [-0.3, -0.25) is 14.9 Å². The van der Waals surface area contributed by atoms with Crippen LogP contribution in [0.15, 0.2) is 18.3 Å². The lowest BCUT2D eigenvalue weighted by Gasteiger charge is -1.93. The Hall–Kier alpha value is -1.49. The van der Waals surface area contributed by atoms with Gasteiger partial charge in [0.15, 0.2) is 0 Å². The van der Waals surface area contributed by atoms with Gasteiger partial charge >= 0.3 is 0 Å². The molecule has 1 aromatic heterocycles. The summed E-state index contributed by atoms with van der Waals surface area (Å²) in [7, 11) is 0. The quantitative estimate of drug-likeness (QED) is 0.397. The molecule has 0 aliphatic rings. The average Bonchev–Trinajstić information content (AvgIpc) is 2.04. The Labute approximate surface area is 72.1 Å². The summed E-state index contributed by atoms with van der Waals surface area (Å²) in [6.45, 7) is 0. The molecule has 0 saturated carbocycles. The molecule has 0 fully saturated rings. The fraction of sp³-hybridized carbons (Fsp3) is 0. The van der Waals surface area contributed by atoms with Crippen LogP contribution >= 0.6 is 11.6 Å². The molecular formula is C6H3ClN2O3. The molecule has 0 aliphatic carbocycles. The van der Waals surface area contributed by atoms with E-state index in [0.29, 0.717) is 0 Å². The monoisotopic (exact) mass is 186 g/mol. The molecule has 0 bridgehead atoms. The van der Waals surface area contributed by atoms with Crippen molar-refractivity contribution in [3.8, 4) is 0 Å². The number of halogens is 1. The lowest BCUT2D eigenvalue weighted by molar-refractivity contribution is -0.385. The average molecular weight is 187 g/mol. The predicted octanol–water partition coefficient (Wildman–Crippen LogP) is 1.37. The fourth-order valence-electron chi connectivity index (χ4n) is 0.696. The molecule has 0 N–H and O–H groups in total. The second-order valence-corrected chi connectivity index (χ2v) is 2.25. The highest BCUT2D eigenvalue weighted by molar-refractivity contribution is 6.67. The molecule has 0 unspecified atom stereocenters. The summed E-state index contributed by atoms with van der Waals surface area (Å²) in [5.41, 5.74) is -0.707. The van der Waals surface area contributed by atoms with E-state index in [4.69, 9.17) is 11.6 Å². The van der Waals surface area contributed by atoms with Crippen LogP contribution in [0, 0.1) is 10.1 Å². The second kappa shape index (κ2) is 3.27. The topological polar surface area (TPSA) is 73.1 Å². The maximum atomic E-state index is 10.6. The molecule has 6 heteroatoms. The number of rotatable bonds is 2. The Morgan fingerprint density at radius 2 is 2.33 bits per heavy atom. The predicted molar refractivity (Wildman–Crippen MR) is 41.1 cm³/mol. The van der Waals surface area contributed by atoms with Gasteiger partial charge in [0, 0.05) is 12.3 Å². The Morgan fingerprint density at radius 3 is 2.75 bits per heavy atom. The van der Waals surface area contributed by atoms with Crippen LogP contribution in [-0.4, -0.2) is 15.1 Å². The minimum atomic E-state index is -0.928. The number of aromatic nitrogens is 1. The number of hydrogen-bond donors (Lipinski definition) is 0. The lowest BCUT2D eigenvalue weighted by Crippen LogP contribution is -2.00. The largest absolute Gasteiger partial charge is 0.299 e. The molecule has 0 amide bonds. The summed E-state index contributed by atoms with van der Waals surface area (Å²) in [6.07, 6.45) is 1.27. The van der Waals surface area contributed by atoms with Gasteiger partial charge in [-0.15, -0.1) is 0 Å². The molecule has 1 rings (SSSR count). The van der Waals surface area contributed by atoms with Crippen molar-refractivity contribution in [3.05, 3.63) is 34.1 Å². The Kier molecular flexibility index (Phi) is 2.35. The van der Waals surface area contributed by atoms with E-state index in [-0.39, 0.29) is 11.4 Å². The first kappa shape index (κ1) is 8.61. The number of carbonyl (C=O) groups excluding carboxylic acids is 1. The molecule has 1 heterocycles. The van der Waals surface area contributed by atoms with Crippen molar-refractivity contribution in [2.45, 2.75) is 0 Å². The zero-order valence-corrected chi connectivity index (χ0v) is 6.49. The van der Waals surface area contributed by atoms with E-state index in [1.54, 1.807) is 0 Å². The van der Waals surface area contributed by atoms with E-state index in [1.165, 1.54) is 18.3 Å². The van der Waals surface area contributed by atoms with E-state index < -0.39 is 10.2 Å². The van der Waals surface area contributed by atoms with Crippen LogP contribution in [0.4, 0.5) is 5.69 Å². The van der Waals surface area contributed by atoms with Gasteiger partial charge in [0.1, 0.15) is 0 Å². The maximum Gasteiger partial charge on any atom is 0.299 e. The van der Waals surface area contributed by atoms with Gasteiger partial charge in [0.25, 0.3) is 10.9 Å². The van der Waals surface area contributed by atoms with Crippen molar-refractivity contribution < 1.29 is 9.72 Å². The Bertz CT molecular complexity index is 306. The van der Waals surface area contributed by atoms with E-state index in [1.807, 2.05) is 0 Å². The molecule has 5 nitrogen and oxygen atoms in total. The van der Waals surface area contributed by atoms with Crippen LogP contribution in [-0.2, 0) is 0 Å². The van der Waals surface area contributed by atoms with Gasteiger partial charge in [-0.05, 0) is 17.7 Å². The molecule has 0 radical (unpaired) electrons. The molecule has 0 aromatic carbocycles. The third-order valence-corrected chi connectivity index (χ3v) is 1.35. The standard InChI is InChI=1S/C6H3ClN2O3/c7-6(10)5-4(9(11)12)2-1-3-8-5/h1-3H. The number of nitrogens with zero attached hydrogens (tertiary/aromatic N) is 2. The zero-order chi connectivity index (χ0) is 9.14. The highest BCUT2D eigenvalue weighted by Gasteiger charge is 2.18. The number of carbonyl (C=O) groups is 1. The van der Waals surface area contributed by atoms with Crippen LogP contribution in [0.25, 0.3) is 0 Å². The van der Waals surface area contributed by atoms with Crippen molar-refractivity contribution in [1.29, 1.82) is 0 Å². The van der Waals surface area contributed by atoms with Gasteiger partial charge in [-0.25, -0.2) is 4.98 Å². The van der Waals surface area contributed by atoms with E-state index in [0.717, 1.165) is 0 Å². The summed E-state index contributed by atoms with van der Waals surface area (Å²) in [5, 5.41) is 9.35. The maximum absolute atomic E-state index is 10.6. The number of hydrogen-bond acceptors (Lipinski definition) is 4. The van der Waals surface area contributed by atoms with Gasteiger partial charge in [0.2, 0.25) is 5.69 Å². The summed E-state index contributed by atoms with van der Waals surface area (Å²) in [5.74, 6) is 0. The number of pyridine rings is 1. The summed E-state index contributed by atoms with van der Waals surface area (Å²) >= 11 is 5.05. The molecule has 0 atom stereocenters. The fourth-order valence-corrected chi connectivity index (χ4v) is 0.841. The van der Waals surface area contributed by atoms with Crippen molar-refractivity contribution in [3.63, 3.8) is 0 Å². The molecular weight excluding hydrogens is 184 g/mol. The first-order valence-electron chi connectivity index (χ1n) is 2.92. The molecule has 12 heavy (non-hydrogen) atoms. The minimum absolute atomic E-state index is 0.329. The van der Waals surface area contributed by atoms with Crippen LogP contribution in [0.1, 0.15) is 10.5 Å². The van der Waals surface area contributed by atoms with Gasteiger partial charge < -0.3 is 0 Å². The summed E-state index contributed by atoms with van der Waals surface area (Å²) in [4.78, 5) is 23.6. The van der Waals surface area contributed by atoms with Gasteiger partial charge in [-0.2, -0.15) is 0 Å². The zero-order valence-electron chi connectivity index (χ0n) is 5.73. The Balaban J connectivity index is 3.27. The van der Waals surface area contributed by atoms with E-state index in [9.17, 15) is 14.9 Å². The molecule has 0 spiro atoms. The molecule has 1 aromatic rings. The highest BCUT2D eigenvalue weighted by atomic mass is 35.5. The Morgan fingerprint density at radius 1 is 1.67 bits per heavy atom. The van der Waals surface area contributed by atoms with Crippen molar-refractivity contribution >= 4 is 22.5 Å². The van der Waals surface area contributed by atoms with Crippen molar-refractivity contribution in [2.75, 3.05) is 0 Å². The van der Waals surface area contributed by atoms with E-state index >= 15 is 0 Å². The highest BCUT2D eigenvalue weighted by Crippen LogP contribution is 2.16. The second-order valence-electron chi connectivity index (χ2n) is 1.90. The normalized spacial score (nSPS) is 9.42. The van der Waals surface area contributed by atoms with E-state index in [2.05, 4.69) is 4.98 Å². The lowest BCUT2D eigenvalue weighted by atomic mass is 10.3. The van der Waals surface area contributed by atoms with Crippen LogP contribution in [0.2, 0.25) is 0 Å².